The summed E-state index contributed by atoms with van der Waals surface area (Å²) in [6, 6.07) is 17.6. The molecule has 1 unspecified atom stereocenters. The fourth-order valence-corrected chi connectivity index (χ4v) is 3.26. The highest BCUT2D eigenvalue weighted by molar-refractivity contribution is 6.21. The number of hydrogen-bond acceptors (Lipinski definition) is 0. The summed E-state index contributed by atoms with van der Waals surface area (Å²) in [5.74, 6) is 0. The lowest BCUT2D eigenvalue weighted by Gasteiger charge is -2.21. The summed E-state index contributed by atoms with van der Waals surface area (Å²) in [5, 5.41) is 0.229. The van der Waals surface area contributed by atoms with Gasteiger partial charge in [-0.25, -0.2) is 0 Å². The summed E-state index contributed by atoms with van der Waals surface area (Å²) in [7, 11) is 0. The molecule has 0 bridgehead atoms. The molecule has 19 heavy (non-hydrogen) atoms. The Kier molecular flexibility index (Phi) is 3.89. The van der Waals surface area contributed by atoms with Crippen LogP contribution in [0.2, 0.25) is 0 Å². The molecule has 2 aromatic carbocycles. The van der Waals surface area contributed by atoms with Gasteiger partial charge in [-0.3, -0.25) is 0 Å². The molecule has 1 heteroatoms. The van der Waals surface area contributed by atoms with Crippen LogP contribution in [-0.2, 0) is 19.3 Å². The first-order valence-electron chi connectivity index (χ1n) is 7.12. The standard InChI is InChI=1S/C18H19Cl/c19-18-8-4-7-16-13-15(11-12-17(16)18)10-9-14-5-2-1-3-6-14/h1-3,5-6,11-13,18H,4,7-10H2. The molecule has 0 fully saturated rings. The van der Waals surface area contributed by atoms with Crippen LogP contribution in [0.25, 0.3) is 0 Å². The lowest BCUT2D eigenvalue weighted by Crippen LogP contribution is -2.06. The topological polar surface area (TPSA) is 0 Å². The van der Waals surface area contributed by atoms with E-state index in [4.69, 9.17) is 11.6 Å². The Balaban J connectivity index is 1.72. The van der Waals surface area contributed by atoms with Gasteiger partial charge in [0.15, 0.2) is 0 Å². The van der Waals surface area contributed by atoms with Gasteiger partial charge in [-0.15, -0.1) is 11.6 Å². The van der Waals surface area contributed by atoms with Crippen molar-refractivity contribution in [2.24, 2.45) is 0 Å². The van der Waals surface area contributed by atoms with E-state index in [1.165, 1.54) is 35.1 Å². The molecule has 0 spiro atoms. The normalized spacial score (nSPS) is 18.1. The van der Waals surface area contributed by atoms with Crippen molar-refractivity contribution >= 4 is 11.6 Å². The minimum atomic E-state index is 0.229. The van der Waals surface area contributed by atoms with Gasteiger partial charge in [0.2, 0.25) is 0 Å². The molecule has 2 aromatic rings. The van der Waals surface area contributed by atoms with Gasteiger partial charge in [-0.1, -0.05) is 48.5 Å². The van der Waals surface area contributed by atoms with Crippen LogP contribution in [0.4, 0.5) is 0 Å². The average molecular weight is 271 g/mol. The summed E-state index contributed by atoms with van der Waals surface area (Å²) in [6.07, 6.45) is 5.77. The van der Waals surface area contributed by atoms with Gasteiger partial charge in [0, 0.05) is 0 Å². The zero-order valence-corrected chi connectivity index (χ0v) is 11.9. The van der Waals surface area contributed by atoms with Gasteiger partial charge in [-0.2, -0.15) is 0 Å². The highest BCUT2D eigenvalue weighted by Gasteiger charge is 2.17. The molecule has 0 heterocycles. The van der Waals surface area contributed by atoms with Crippen LogP contribution in [0.3, 0.4) is 0 Å². The molecular weight excluding hydrogens is 252 g/mol. The van der Waals surface area contributed by atoms with Crippen LogP contribution in [-0.4, -0.2) is 0 Å². The molecule has 1 aliphatic rings. The molecule has 3 rings (SSSR count). The first-order valence-corrected chi connectivity index (χ1v) is 7.56. The van der Waals surface area contributed by atoms with Gasteiger partial charge in [-0.05, 0) is 54.4 Å². The van der Waals surface area contributed by atoms with Crippen LogP contribution in [0.1, 0.15) is 40.5 Å². The number of hydrogen-bond donors (Lipinski definition) is 0. The van der Waals surface area contributed by atoms with Crippen molar-refractivity contribution in [3.05, 3.63) is 70.8 Å². The van der Waals surface area contributed by atoms with Gasteiger partial charge < -0.3 is 0 Å². The Hall–Kier alpha value is -1.27. The molecule has 1 atom stereocenters. The van der Waals surface area contributed by atoms with Crippen molar-refractivity contribution in [1.29, 1.82) is 0 Å². The Morgan fingerprint density at radius 1 is 0.947 bits per heavy atom. The van der Waals surface area contributed by atoms with Gasteiger partial charge in [0.05, 0.1) is 5.38 Å². The second kappa shape index (κ2) is 5.79. The van der Waals surface area contributed by atoms with Crippen molar-refractivity contribution in [2.45, 2.75) is 37.5 Å². The molecule has 0 saturated heterocycles. The van der Waals surface area contributed by atoms with Crippen molar-refractivity contribution in [1.82, 2.24) is 0 Å². The van der Waals surface area contributed by atoms with Crippen LogP contribution in [0.15, 0.2) is 48.5 Å². The molecule has 0 saturated carbocycles. The number of rotatable bonds is 3. The third-order valence-corrected chi connectivity index (χ3v) is 4.45. The first kappa shape index (κ1) is 12.7. The van der Waals surface area contributed by atoms with Crippen molar-refractivity contribution in [2.75, 3.05) is 0 Å². The third-order valence-electron chi connectivity index (χ3n) is 3.99. The summed E-state index contributed by atoms with van der Waals surface area (Å²) in [6.45, 7) is 0. The number of aryl methyl sites for hydroxylation is 3. The number of halogens is 1. The fourth-order valence-electron chi connectivity index (χ4n) is 2.90. The Morgan fingerprint density at radius 2 is 1.74 bits per heavy atom. The molecule has 0 aliphatic heterocycles. The van der Waals surface area contributed by atoms with Crippen molar-refractivity contribution < 1.29 is 0 Å². The maximum absolute atomic E-state index is 6.37. The Morgan fingerprint density at radius 3 is 2.58 bits per heavy atom. The average Bonchev–Trinajstić information content (AvgIpc) is 2.46. The smallest absolute Gasteiger partial charge is 0.0588 e. The summed E-state index contributed by atoms with van der Waals surface area (Å²) in [4.78, 5) is 0. The molecule has 98 valence electrons. The Labute approximate surface area is 120 Å². The number of benzene rings is 2. The summed E-state index contributed by atoms with van der Waals surface area (Å²) < 4.78 is 0. The van der Waals surface area contributed by atoms with Crippen LogP contribution in [0.5, 0.6) is 0 Å². The minimum absolute atomic E-state index is 0.229. The van der Waals surface area contributed by atoms with Crippen LogP contribution < -0.4 is 0 Å². The van der Waals surface area contributed by atoms with E-state index in [2.05, 4.69) is 48.5 Å². The molecule has 0 amide bonds. The molecular formula is C18H19Cl. The first-order chi connectivity index (χ1) is 9.33. The van der Waals surface area contributed by atoms with E-state index in [0.29, 0.717) is 0 Å². The second-order valence-corrected chi connectivity index (χ2v) is 5.91. The molecule has 0 radical (unpaired) electrons. The molecule has 0 N–H and O–H groups in total. The van der Waals surface area contributed by atoms with Gasteiger partial charge in [0.1, 0.15) is 0 Å². The maximum Gasteiger partial charge on any atom is 0.0588 e. The van der Waals surface area contributed by atoms with Crippen molar-refractivity contribution in [3.8, 4) is 0 Å². The van der Waals surface area contributed by atoms with E-state index in [1.807, 2.05) is 0 Å². The highest BCUT2D eigenvalue weighted by Crippen LogP contribution is 2.34. The Bertz CT molecular complexity index is 545. The largest absolute Gasteiger partial charge is 0.118 e. The lowest BCUT2D eigenvalue weighted by atomic mass is 9.89. The minimum Gasteiger partial charge on any atom is -0.118 e. The maximum atomic E-state index is 6.37. The highest BCUT2D eigenvalue weighted by atomic mass is 35.5. The molecule has 0 nitrogen and oxygen atoms in total. The van der Waals surface area contributed by atoms with E-state index in [0.717, 1.165) is 19.3 Å². The zero-order valence-electron chi connectivity index (χ0n) is 11.1. The van der Waals surface area contributed by atoms with E-state index in [1.54, 1.807) is 0 Å². The van der Waals surface area contributed by atoms with Crippen LogP contribution >= 0.6 is 11.6 Å². The molecule has 0 aromatic heterocycles. The predicted molar refractivity (Wildman–Crippen MR) is 81.8 cm³/mol. The summed E-state index contributed by atoms with van der Waals surface area (Å²) in [5.41, 5.74) is 5.68. The number of fused-ring (bicyclic) bond motifs is 1. The SMILES string of the molecule is ClC1CCCc2cc(CCc3ccccc3)ccc21. The third kappa shape index (κ3) is 3.01. The van der Waals surface area contributed by atoms with Crippen LogP contribution in [0, 0.1) is 0 Å². The molecule has 1 aliphatic carbocycles. The van der Waals surface area contributed by atoms with E-state index in [-0.39, 0.29) is 5.38 Å². The summed E-state index contributed by atoms with van der Waals surface area (Å²) >= 11 is 6.37. The monoisotopic (exact) mass is 270 g/mol. The second-order valence-electron chi connectivity index (χ2n) is 5.38. The quantitative estimate of drug-likeness (QED) is 0.682. The fraction of sp³-hybridized carbons (Fsp3) is 0.333. The van der Waals surface area contributed by atoms with Crippen molar-refractivity contribution in [3.63, 3.8) is 0 Å². The zero-order chi connectivity index (χ0) is 13.1. The van der Waals surface area contributed by atoms with Gasteiger partial charge >= 0.3 is 0 Å². The lowest BCUT2D eigenvalue weighted by molar-refractivity contribution is 0.666. The number of alkyl halides is 1. The van der Waals surface area contributed by atoms with E-state index < -0.39 is 0 Å². The van der Waals surface area contributed by atoms with E-state index >= 15 is 0 Å². The predicted octanol–water partition coefficient (Wildman–Crippen LogP) is 5.09. The van der Waals surface area contributed by atoms with E-state index in [9.17, 15) is 0 Å². The van der Waals surface area contributed by atoms with Gasteiger partial charge in [0.25, 0.3) is 0 Å².